The molecule has 1 unspecified atom stereocenters. The predicted octanol–water partition coefficient (Wildman–Crippen LogP) is 1.08. The van der Waals surface area contributed by atoms with Crippen molar-refractivity contribution in [1.82, 2.24) is 0 Å². The van der Waals surface area contributed by atoms with Crippen LogP contribution in [-0.2, 0) is 14.3 Å². The minimum atomic E-state index is -0.206. The van der Waals surface area contributed by atoms with E-state index in [4.69, 9.17) is 0 Å². The minimum absolute atomic E-state index is 0.111. The van der Waals surface area contributed by atoms with Crippen molar-refractivity contribution in [2.45, 2.75) is 19.3 Å². The zero-order chi connectivity index (χ0) is 8.97. The average molecular weight is 168 g/mol. The van der Waals surface area contributed by atoms with Gasteiger partial charge in [-0.15, -0.1) is 0 Å². The molecule has 12 heavy (non-hydrogen) atoms. The summed E-state index contributed by atoms with van der Waals surface area (Å²) in [6, 6.07) is 0. The molecule has 0 fully saturated rings. The van der Waals surface area contributed by atoms with E-state index in [-0.39, 0.29) is 11.9 Å². The van der Waals surface area contributed by atoms with Crippen molar-refractivity contribution < 1.29 is 14.3 Å². The Morgan fingerprint density at radius 2 is 2.50 bits per heavy atom. The Morgan fingerprint density at radius 3 is 3.08 bits per heavy atom. The van der Waals surface area contributed by atoms with Gasteiger partial charge < -0.3 is 4.74 Å². The average Bonchev–Trinajstić information content (AvgIpc) is 2.17. The van der Waals surface area contributed by atoms with E-state index in [2.05, 4.69) is 4.74 Å². The summed E-state index contributed by atoms with van der Waals surface area (Å²) in [6.07, 6.45) is 4.83. The van der Waals surface area contributed by atoms with Crippen LogP contribution in [0.15, 0.2) is 11.6 Å². The fourth-order valence-electron chi connectivity index (χ4n) is 1.40. The second-order valence-corrected chi connectivity index (χ2v) is 2.90. The molecule has 0 radical (unpaired) electrons. The van der Waals surface area contributed by atoms with Crippen molar-refractivity contribution in [3.05, 3.63) is 11.6 Å². The molecule has 1 atom stereocenters. The molecule has 0 saturated heterocycles. The maximum atomic E-state index is 11.1. The molecule has 0 spiro atoms. The highest BCUT2D eigenvalue weighted by Crippen LogP contribution is 2.23. The van der Waals surface area contributed by atoms with E-state index in [9.17, 15) is 9.59 Å². The van der Waals surface area contributed by atoms with Gasteiger partial charge in [0.05, 0.1) is 13.0 Å². The quantitative estimate of drug-likeness (QED) is 0.458. The van der Waals surface area contributed by atoms with Crippen molar-refractivity contribution in [3.63, 3.8) is 0 Å². The van der Waals surface area contributed by atoms with E-state index in [0.29, 0.717) is 6.42 Å². The standard InChI is InChI=1S/C9H12O3/c1-12-9(11)8-4-2-3-7(5-8)6-10/h3,6,8H,2,4-5H2,1H3. The highest BCUT2D eigenvalue weighted by molar-refractivity contribution is 5.78. The Bertz CT molecular complexity index is 218. The lowest BCUT2D eigenvalue weighted by Gasteiger charge is -2.17. The minimum Gasteiger partial charge on any atom is -0.469 e. The number of ether oxygens (including phenoxy) is 1. The lowest BCUT2D eigenvalue weighted by Crippen LogP contribution is -2.19. The van der Waals surface area contributed by atoms with Crippen LogP contribution < -0.4 is 0 Å². The van der Waals surface area contributed by atoms with Crippen LogP contribution in [0, 0.1) is 5.92 Å². The summed E-state index contributed by atoms with van der Waals surface area (Å²) in [7, 11) is 1.38. The maximum Gasteiger partial charge on any atom is 0.309 e. The van der Waals surface area contributed by atoms with Crippen molar-refractivity contribution in [2.75, 3.05) is 7.11 Å². The van der Waals surface area contributed by atoms with Gasteiger partial charge in [-0.3, -0.25) is 9.59 Å². The van der Waals surface area contributed by atoms with Crippen LogP contribution in [0.3, 0.4) is 0 Å². The number of rotatable bonds is 2. The summed E-state index contributed by atoms with van der Waals surface area (Å²) in [5, 5.41) is 0. The zero-order valence-corrected chi connectivity index (χ0v) is 7.08. The van der Waals surface area contributed by atoms with E-state index in [1.54, 1.807) is 0 Å². The van der Waals surface area contributed by atoms with Gasteiger partial charge in [-0.25, -0.2) is 0 Å². The van der Waals surface area contributed by atoms with Crippen LogP contribution in [-0.4, -0.2) is 19.4 Å². The third kappa shape index (κ3) is 1.94. The van der Waals surface area contributed by atoms with E-state index in [1.807, 2.05) is 6.08 Å². The molecule has 3 heteroatoms. The monoisotopic (exact) mass is 168 g/mol. The van der Waals surface area contributed by atoms with Crippen LogP contribution in [0.2, 0.25) is 0 Å². The van der Waals surface area contributed by atoms with Crippen LogP contribution in [0.25, 0.3) is 0 Å². The number of allylic oxidation sites excluding steroid dienone is 2. The molecule has 1 aliphatic rings. The fourth-order valence-corrected chi connectivity index (χ4v) is 1.40. The molecule has 0 aliphatic heterocycles. The fraction of sp³-hybridized carbons (Fsp3) is 0.556. The van der Waals surface area contributed by atoms with Crippen molar-refractivity contribution in [2.24, 2.45) is 5.92 Å². The van der Waals surface area contributed by atoms with Gasteiger partial charge in [0.2, 0.25) is 0 Å². The zero-order valence-electron chi connectivity index (χ0n) is 7.08. The van der Waals surface area contributed by atoms with Gasteiger partial charge in [0.15, 0.2) is 0 Å². The van der Waals surface area contributed by atoms with Crippen molar-refractivity contribution in [1.29, 1.82) is 0 Å². The molecule has 0 aromatic heterocycles. The molecule has 0 saturated carbocycles. The number of hydrogen-bond donors (Lipinski definition) is 0. The number of hydrogen-bond acceptors (Lipinski definition) is 3. The summed E-state index contributed by atoms with van der Waals surface area (Å²) in [4.78, 5) is 21.5. The predicted molar refractivity (Wildman–Crippen MR) is 43.5 cm³/mol. The third-order valence-corrected chi connectivity index (χ3v) is 2.09. The topological polar surface area (TPSA) is 43.4 Å². The number of esters is 1. The van der Waals surface area contributed by atoms with Gasteiger partial charge in [0.1, 0.15) is 6.29 Å². The summed E-state index contributed by atoms with van der Waals surface area (Å²) in [5.74, 6) is -0.317. The van der Waals surface area contributed by atoms with Gasteiger partial charge in [-0.2, -0.15) is 0 Å². The second kappa shape index (κ2) is 4.04. The van der Waals surface area contributed by atoms with Crippen molar-refractivity contribution >= 4 is 12.3 Å². The number of aldehydes is 1. The Hall–Kier alpha value is -1.12. The van der Waals surface area contributed by atoms with E-state index >= 15 is 0 Å². The lowest BCUT2D eigenvalue weighted by atomic mass is 9.89. The first-order valence-corrected chi connectivity index (χ1v) is 4.00. The lowest BCUT2D eigenvalue weighted by molar-refractivity contribution is -0.145. The normalized spacial score (nSPS) is 22.8. The van der Waals surface area contributed by atoms with Gasteiger partial charge in [-0.05, 0) is 24.8 Å². The molecule has 66 valence electrons. The molecule has 1 rings (SSSR count). The number of carbonyl (C=O) groups excluding carboxylic acids is 2. The largest absolute Gasteiger partial charge is 0.469 e. The molecule has 0 aromatic carbocycles. The van der Waals surface area contributed by atoms with E-state index in [0.717, 1.165) is 24.7 Å². The Balaban J connectivity index is 2.56. The molecule has 0 aromatic rings. The molecule has 1 aliphatic carbocycles. The molecular formula is C9H12O3. The molecule has 0 amide bonds. The van der Waals surface area contributed by atoms with Gasteiger partial charge in [0.25, 0.3) is 0 Å². The van der Waals surface area contributed by atoms with Gasteiger partial charge in [-0.1, -0.05) is 6.08 Å². The number of methoxy groups -OCH3 is 1. The first-order valence-electron chi connectivity index (χ1n) is 4.00. The molecule has 0 heterocycles. The van der Waals surface area contributed by atoms with E-state index < -0.39 is 0 Å². The molecular weight excluding hydrogens is 156 g/mol. The maximum absolute atomic E-state index is 11.1. The van der Waals surface area contributed by atoms with Crippen LogP contribution in [0.5, 0.6) is 0 Å². The Kier molecular flexibility index (Phi) is 3.02. The Morgan fingerprint density at radius 1 is 1.75 bits per heavy atom. The highest BCUT2D eigenvalue weighted by atomic mass is 16.5. The van der Waals surface area contributed by atoms with E-state index in [1.165, 1.54) is 7.11 Å². The van der Waals surface area contributed by atoms with Crippen LogP contribution >= 0.6 is 0 Å². The summed E-state index contributed by atoms with van der Waals surface area (Å²) >= 11 is 0. The molecule has 0 bridgehead atoms. The first kappa shape index (κ1) is 8.97. The van der Waals surface area contributed by atoms with Crippen LogP contribution in [0.1, 0.15) is 19.3 Å². The summed E-state index contributed by atoms with van der Waals surface area (Å²) < 4.78 is 4.60. The van der Waals surface area contributed by atoms with Gasteiger partial charge in [0, 0.05) is 0 Å². The first-order chi connectivity index (χ1) is 5.77. The van der Waals surface area contributed by atoms with Crippen LogP contribution in [0.4, 0.5) is 0 Å². The highest BCUT2D eigenvalue weighted by Gasteiger charge is 2.22. The Labute approximate surface area is 71.4 Å². The third-order valence-electron chi connectivity index (χ3n) is 2.09. The number of carbonyl (C=O) groups is 2. The molecule has 0 N–H and O–H groups in total. The second-order valence-electron chi connectivity index (χ2n) is 2.90. The van der Waals surface area contributed by atoms with Gasteiger partial charge >= 0.3 is 5.97 Å². The summed E-state index contributed by atoms with van der Waals surface area (Å²) in [6.45, 7) is 0. The smallest absolute Gasteiger partial charge is 0.309 e. The van der Waals surface area contributed by atoms with Crippen molar-refractivity contribution in [3.8, 4) is 0 Å². The SMILES string of the molecule is COC(=O)C1CCC=C(C=O)C1. The molecule has 3 nitrogen and oxygen atoms in total. The summed E-state index contributed by atoms with van der Waals surface area (Å²) in [5.41, 5.74) is 0.719.